The van der Waals surface area contributed by atoms with E-state index in [0.717, 1.165) is 45.3 Å². The quantitative estimate of drug-likeness (QED) is 0.719. The molecule has 2 rings (SSSR count). The number of carbonyl (C=O) groups is 1. The molecule has 0 bridgehead atoms. The van der Waals surface area contributed by atoms with Crippen molar-refractivity contribution in [1.82, 2.24) is 10.6 Å². The number of carbonyl (C=O) groups excluding carboxylic acids is 1. The number of rotatable bonds is 5. The molecule has 4 heteroatoms. The topological polar surface area (TPSA) is 61.4 Å². The first-order valence-corrected chi connectivity index (χ1v) is 8.30. The number of amides is 1. The molecule has 20 heavy (non-hydrogen) atoms. The first-order valence-electron chi connectivity index (χ1n) is 8.30. The monoisotopic (exact) mass is 282 g/mol. The lowest BCUT2D eigenvalue weighted by atomic mass is 9.85. The first kappa shape index (κ1) is 15.8. The average molecular weight is 282 g/mol. The Morgan fingerprint density at radius 3 is 2.70 bits per heavy atom. The molecule has 1 saturated heterocycles. The minimum atomic E-state index is -0.110. The van der Waals surface area contributed by atoms with Crippen LogP contribution >= 0.6 is 0 Å². The van der Waals surface area contributed by atoms with Crippen molar-refractivity contribution in [3.8, 4) is 0 Å². The van der Waals surface area contributed by atoms with Gasteiger partial charge in [-0.25, -0.2) is 0 Å². The predicted molar refractivity (Wildman–Crippen MR) is 80.3 cm³/mol. The molecule has 0 aromatic heterocycles. The van der Waals surface area contributed by atoms with Gasteiger partial charge in [-0.2, -0.15) is 0 Å². The van der Waals surface area contributed by atoms with Crippen LogP contribution in [-0.4, -0.2) is 36.8 Å². The van der Waals surface area contributed by atoms with E-state index < -0.39 is 0 Å². The van der Waals surface area contributed by atoms with E-state index in [4.69, 9.17) is 0 Å². The summed E-state index contributed by atoms with van der Waals surface area (Å²) in [5.74, 6) is 1.89. The minimum absolute atomic E-state index is 0.110. The molecule has 2 fully saturated rings. The zero-order valence-electron chi connectivity index (χ0n) is 12.7. The minimum Gasteiger partial charge on any atom is -0.393 e. The van der Waals surface area contributed by atoms with E-state index in [9.17, 15) is 9.90 Å². The van der Waals surface area contributed by atoms with Crippen LogP contribution in [-0.2, 0) is 4.79 Å². The molecule has 2 atom stereocenters. The van der Waals surface area contributed by atoms with E-state index in [2.05, 4.69) is 17.6 Å². The summed E-state index contributed by atoms with van der Waals surface area (Å²) < 4.78 is 0. The summed E-state index contributed by atoms with van der Waals surface area (Å²) >= 11 is 0. The number of aliphatic hydroxyl groups is 1. The molecule has 1 saturated carbocycles. The van der Waals surface area contributed by atoms with Crippen LogP contribution in [0.4, 0.5) is 0 Å². The highest BCUT2D eigenvalue weighted by Crippen LogP contribution is 2.24. The van der Waals surface area contributed by atoms with Gasteiger partial charge in [-0.15, -0.1) is 0 Å². The molecule has 116 valence electrons. The second-order valence-electron chi connectivity index (χ2n) is 6.77. The van der Waals surface area contributed by atoms with E-state index >= 15 is 0 Å². The van der Waals surface area contributed by atoms with Crippen molar-refractivity contribution in [2.75, 3.05) is 19.6 Å². The van der Waals surface area contributed by atoms with Gasteiger partial charge in [0.1, 0.15) is 0 Å². The van der Waals surface area contributed by atoms with Crippen LogP contribution < -0.4 is 10.6 Å². The van der Waals surface area contributed by atoms with Gasteiger partial charge in [0.05, 0.1) is 6.10 Å². The highest BCUT2D eigenvalue weighted by atomic mass is 16.3. The summed E-state index contributed by atoms with van der Waals surface area (Å²) in [6.45, 7) is 5.19. The maximum atomic E-state index is 12.0. The Morgan fingerprint density at radius 2 is 2.05 bits per heavy atom. The maximum Gasteiger partial charge on any atom is 0.220 e. The second-order valence-corrected chi connectivity index (χ2v) is 6.77. The number of hydrogen-bond acceptors (Lipinski definition) is 3. The fourth-order valence-electron chi connectivity index (χ4n) is 3.50. The molecule has 1 amide bonds. The summed E-state index contributed by atoms with van der Waals surface area (Å²) in [5.41, 5.74) is 0. The largest absolute Gasteiger partial charge is 0.393 e. The predicted octanol–water partition coefficient (Wildman–Crippen LogP) is 1.68. The normalized spacial score (nSPS) is 32.6. The molecular formula is C16H30N2O2. The third kappa shape index (κ3) is 5.06. The van der Waals surface area contributed by atoms with Crippen LogP contribution in [0.15, 0.2) is 0 Å². The van der Waals surface area contributed by atoms with Crippen molar-refractivity contribution >= 4 is 5.91 Å². The van der Waals surface area contributed by atoms with Gasteiger partial charge in [-0.1, -0.05) is 6.92 Å². The Labute approximate surface area is 122 Å². The molecule has 4 nitrogen and oxygen atoms in total. The van der Waals surface area contributed by atoms with E-state index in [-0.39, 0.29) is 12.0 Å². The Morgan fingerprint density at radius 1 is 1.30 bits per heavy atom. The fourth-order valence-corrected chi connectivity index (χ4v) is 3.50. The molecule has 1 heterocycles. The Kier molecular flexibility index (Phi) is 6.30. The van der Waals surface area contributed by atoms with Gasteiger partial charge in [-0.05, 0) is 69.4 Å². The molecule has 0 aromatic rings. The van der Waals surface area contributed by atoms with Crippen LogP contribution in [0.3, 0.4) is 0 Å². The van der Waals surface area contributed by atoms with E-state index in [1.807, 2.05) is 0 Å². The summed E-state index contributed by atoms with van der Waals surface area (Å²) in [6.07, 6.45) is 6.91. The summed E-state index contributed by atoms with van der Waals surface area (Å²) in [6, 6.07) is 0. The van der Waals surface area contributed by atoms with Crippen LogP contribution in [0, 0.1) is 17.8 Å². The molecule has 1 aliphatic heterocycles. The Balaban J connectivity index is 1.62. The summed E-state index contributed by atoms with van der Waals surface area (Å²) in [5, 5.41) is 16.0. The first-order chi connectivity index (χ1) is 9.65. The van der Waals surface area contributed by atoms with Crippen molar-refractivity contribution in [2.45, 2.75) is 58.0 Å². The Hall–Kier alpha value is -0.610. The smallest absolute Gasteiger partial charge is 0.220 e. The van der Waals surface area contributed by atoms with Gasteiger partial charge in [0, 0.05) is 13.0 Å². The van der Waals surface area contributed by atoms with Crippen LogP contribution in [0.1, 0.15) is 51.9 Å². The van der Waals surface area contributed by atoms with Crippen molar-refractivity contribution in [2.24, 2.45) is 17.8 Å². The molecule has 0 spiro atoms. The molecule has 0 aromatic carbocycles. The average Bonchev–Trinajstić information content (AvgIpc) is 2.47. The van der Waals surface area contributed by atoms with Gasteiger partial charge in [-0.3, -0.25) is 4.79 Å². The third-order valence-corrected chi connectivity index (χ3v) is 5.05. The van der Waals surface area contributed by atoms with Gasteiger partial charge in [0.15, 0.2) is 0 Å². The van der Waals surface area contributed by atoms with Crippen LogP contribution in [0.5, 0.6) is 0 Å². The highest BCUT2D eigenvalue weighted by molar-refractivity contribution is 5.76. The molecular weight excluding hydrogens is 252 g/mol. The standard InChI is InChI=1S/C16H30N2O2/c1-12(14-3-2-8-17-11-14)9-16(20)18-10-13-4-6-15(19)7-5-13/h12-15,17,19H,2-11H2,1H3,(H,18,20). The van der Waals surface area contributed by atoms with Gasteiger partial charge in [0.25, 0.3) is 0 Å². The number of nitrogens with one attached hydrogen (secondary N) is 2. The van der Waals surface area contributed by atoms with E-state index in [1.165, 1.54) is 12.8 Å². The van der Waals surface area contributed by atoms with Crippen molar-refractivity contribution in [3.63, 3.8) is 0 Å². The number of piperidine rings is 1. The molecule has 2 aliphatic rings. The van der Waals surface area contributed by atoms with Crippen LogP contribution in [0.25, 0.3) is 0 Å². The Bertz CT molecular complexity index is 295. The lowest BCUT2D eigenvalue weighted by molar-refractivity contribution is -0.122. The fraction of sp³-hybridized carbons (Fsp3) is 0.938. The van der Waals surface area contributed by atoms with E-state index in [0.29, 0.717) is 24.2 Å². The van der Waals surface area contributed by atoms with Crippen LogP contribution in [0.2, 0.25) is 0 Å². The molecule has 0 radical (unpaired) electrons. The van der Waals surface area contributed by atoms with Crippen molar-refractivity contribution in [1.29, 1.82) is 0 Å². The number of hydrogen-bond donors (Lipinski definition) is 3. The van der Waals surface area contributed by atoms with Gasteiger partial charge in [0.2, 0.25) is 5.91 Å². The SMILES string of the molecule is CC(CC(=O)NCC1CCC(O)CC1)C1CCCNC1. The second kappa shape index (κ2) is 7.99. The van der Waals surface area contributed by atoms with Gasteiger partial charge < -0.3 is 15.7 Å². The van der Waals surface area contributed by atoms with Crippen molar-refractivity contribution in [3.05, 3.63) is 0 Å². The highest BCUT2D eigenvalue weighted by Gasteiger charge is 2.23. The molecule has 1 aliphatic carbocycles. The lowest BCUT2D eigenvalue weighted by Gasteiger charge is -2.28. The number of aliphatic hydroxyl groups excluding tert-OH is 1. The zero-order chi connectivity index (χ0) is 14.4. The lowest BCUT2D eigenvalue weighted by Crippen LogP contribution is -2.37. The maximum absolute atomic E-state index is 12.0. The molecule has 2 unspecified atom stereocenters. The van der Waals surface area contributed by atoms with Gasteiger partial charge >= 0.3 is 0 Å². The third-order valence-electron chi connectivity index (χ3n) is 5.05. The summed E-state index contributed by atoms with van der Waals surface area (Å²) in [7, 11) is 0. The molecule has 3 N–H and O–H groups in total. The van der Waals surface area contributed by atoms with Crippen molar-refractivity contribution < 1.29 is 9.90 Å². The zero-order valence-corrected chi connectivity index (χ0v) is 12.7. The van der Waals surface area contributed by atoms with E-state index in [1.54, 1.807) is 0 Å². The summed E-state index contributed by atoms with van der Waals surface area (Å²) in [4.78, 5) is 12.0.